The highest BCUT2D eigenvalue weighted by Gasteiger charge is 2.47. The average molecular weight is 529 g/mol. The van der Waals surface area contributed by atoms with Gasteiger partial charge in [0.1, 0.15) is 6.61 Å². The normalized spacial score (nSPS) is 19.8. The van der Waals surface area contributed by atoms with Crippen molar-refractivity contribution in [3.63, 3.8) is 0 Å². The Morgan fingerprint density at radius 1 is 1.19 bits per heavy atom. The number of alkyl halides is 5. The first-order valence-corrected chi connectivity index (χ1v) is 11.4. The highest BCUT2D eigenvalue weighted by Crippen LogP contribution is 2.36. The van der Waals surface area contributed by atoms with Crippen LogP contribution in [0.25, 0.3) is 11.1 Å². The second-order valence-electron chi connectivity index (χ2n) is 8.80. The van der Waals surface area contributed by atoms with Gasteiger partial charge in [0.25, 0.3) is 11.8 Å². The van der Waals surface area contributed by atoms with Crippen molar-refractivity contribution in [2.75, 3.05) is 13.2 Å². The number of pyridine rings is 1. The molecule has 3 aromatic rings. The summed E-state index contributed by atoms with van der Waals surface area (Å²) < 4.78 is 74.4. The molecule has 0 bridgehead atoms. The van der Waals surface area contributed by atoms with E-state index in [-0.39, 0.29) is 18.2 Å². The summed E-state index contributed by atoms with van der Waals surface area (Å²) in [6, 6.07) is 7.75. The smallest absolute Gasteiger partial charge is 0.417 e. The summed E-state index contributed by atoms with van der Waals surface area (Å²) in [5.41, 5.74) is 0.129. The van der Waals surface area contributed by atoms with Gasteiger partial charge in [-0.2, -0.15) is 18.3 Å². The fraction of sp³-hybridized carbons (Fsp3) is 0.375. The second-order valence-corrected chi connectivity index (χ2v) is 9.24. The summed E-state index contributed by atoms with van der Waals surface area (Å²) in [6.45, 7) is 0.492. The maximum Gasteiger partial charge on any atom is 0.417 e. The van der Waals surface area contributed by atoms with Crippen molar-refractivity contribution in [3.05, 3.63) is 65.1 Å². The van der Waals surface area contributed by atoms with Crippen LogP contribution in [0, 0.1) is 5.92 Å². The minimum Gasteiger partial charge on any atom is -0.475 e. The second kappa shape index (κ2) is 9.68. The number of ether oxygens (including phenoxy) is 1. The standard InChI is InChI=1S/C24H22ClF5N4O2/c1-14-9-23(26,27)13-34(19(14)12-36-20-8-5-16(10-31-20)24(28,29)30)22(35)21-18(11-33(2)32-21)15-3-6-17(25)7-4-15/h3-8,10-11,14,19H,9,12-13H2,1-2H3/t14-,19-/m1/s1. The number of nitrogens with zero attached hydrogens (tertiary/aromatic N) is 4. The van der Waals surface area contributed by atoms with Gasteiger partial charge in [0.05, 0.1) is 18.2 Å². The first-order valence-electron chi connectivity index (χ1n) is 11.0. The lowest BCUT2D eigenvalue weighted by atomic mass is 9.88. The van der Waals surface area contributed by atoms with E-state index < -0.39 is 48.5 Å². The van der Waals surface area contributed by atoms with Crippen molar-refractivity contribution < 1.29 is 31.5 Å². The molecule has 1 saturated heterocycles. The van der Waals surface area contributed by atoms with Gasteiger partial charge < -0.3 is 9.64 Å². The number of rotatable bonds is 5. The van der Waals surface area contributed by atoms with Gasteiger partial charge in [0, 0.05) is 42.5 Å². The number of hydrogen-bond donors (Lipinski definition) is 0. The van der Waals surface area contributed by atoms with Crippen LogP contribution in [0.3, 0.4) is 0 Å². The fourth-order valence-electron chi connectivity index (χ4n) is 4.25. The number of aryl methyl sites for hydroxylation is 1. The molecule has 12 heteroatoms. The monoisotopic (exact) mass is 528 g/mol. The van der Waals surface area contributed by atoms with E-state index in [0.29, 0.717) is 22.3 Å². The molecule has 36 heavy (non-hydrogen) atoms. The summed E-state index contributed by atoms with van der Waals surface area (Å²) in [6.07, 6.45) is -2.79. The van der Waals surface area contributed by atoms with Crippen LogP contribution in [-0.2, 0) is 13.2 Å². The number of halogens is 6. The fourth-order valence-corrected chi connectivity index (χ4v) is 4.38. The lowest BCUT2D eigenvalue weighted by molar-refractivity contribution is -0.137. The zero-order valence-corrected chi connectivity index (χ0v) is 20.0. The van der Waals surface area contributed by atoms with E-state index in [4.69, 9.17) is 16.3 Å². The molecule has 1 aliphatic rings. The summed E-state index contributed by atoms with van der Waals surface area (Å²) in [4.78, 5) is 18.3. The predicted octanol–water partition coefficient (Wildman–Crippen LogP) is 5.72. The van der Waals surface area contributed by atoms with Crippen molar-refractivity contribution in [2.45, 2.75) is 31.5 Å². The van der Waals surface area contributed by atoms with E-state index in [9.17, 15) is 26.7 Å². The average Bonchev–Trinajstić information content (AvgIpc) is 3.19. The van der Waals surface area contributed by atoms with Crippen LogP contribution in [-0.4, -0.2) is 50.7 Å². The van der Waals surface area contributed by atoms with E-state index >= 15 is 0 Å². The van der Waals surface area contributed by atoms with Gasteiger partial charge in [-0.3, -0.25) is 9.48 Å². The largest absolute Gasteiger partial charge is 0.475 e. The van der Waals surface area contributed by atoms with Crippen LogP contribution in [0.2, 0.25) is 5.02 Å². The maximum atomic E-state index is 14.6. The maximum absolute atomic E-state index is 14.6. The molecule has 0 spiro atoms. The molecule has 1 fully saturated rings. The van der Waals surface area contributed by atoms with E-state index in [1.165, 1.54) is 4.68 Å². The molecule has 0 N–H and O–H groups in total. The van der Waals surface area contributed by atoms with Crippen molar-refractivity contribution in [2.24, 2.45) is 13.0 Å². The topological polar surface area (TPSA) is 60.2 Å². The summed E-state index contributed by atoms with van der Waals surface area (Å²) in [7, 11) is 1.61. The highest BCUT2D eigenvalue weighted by molar-refractivity contribution is 6.30. The molecule has 192 valence electrons. The van der Waals surface area contributed by atoms with Crippen LogP contribution in [0.15, 0.2) is 48.8 Å². The number of carbonyl (C=O) groups is 1. The van der Waals surface area contributed by atoms with Gasteiger partial charge >= 0.3 is 6.18 Å². The Balaban J connectivity index is 1.60. The summed E-state index contributed by atoms with van der Waals surface area (Å²) in [5, 5.41) is 4.73. The minimum atomic E-state index is -4.55. The Morgan fingerprint density at radius 3 is 2.50 bits per heavy atom. The van der Waals surface area contributed by atoms with Gasteiger partial charge in [-0.25, -0.2) is 13.8 Å². The molecule has 0 radical (unpaired) electrons. The number of amides is 1. The molecular weight excluding hydrogens is 507 g/mol. The van der Waals surface area contributed by atoms with Crippen molar-refractivity contribution in [3.8, 4) is 17.0 Å². The van der Waals surface area contributed by atoms with Crippen molar-refractivity contribution in [1.82, 2.24) is 19.7 Å². The summed E-state index contributed by atoms with van der Waals surface area (Å²) in [5.74, 6) is -4.62. The Hall–Kier alpha value is -3.21. The Bertz CT molecular complexity index is 1230. The number of aromatic nitrogens is 3. The van der Waals surface area contributed by atoms with Gasteiger partial charge in [-0.1, -0.05) is 30.7 Å². The van der Waals surface area contributed by atoms with Crippen molar-refractivity contribution in [1.29, 1.82) is 0 Å². The number of piperidine rings is 1. The van der Waals surface area contributed by atoms with E-state index in [1.807, 2.05) is 0 Å². The SMILES string of the molecule is C[C@@H]1CC(F)(F)CN(C(=O)c2nn(C)cc2-c2ccc(Cl)cc2)[C@@H]1COc1ccc(C(F)(F)F)cn1. The van der Waals surface area contributed by atoms with Gasteiger partial charge in [-0.15, -0.1) is 0 Å². The number of hydrogen-bond acceptors (Lipinski definition) is 4. The quantitative estimate of drug-likeness (QED) is 0.398. The first kappa shape index (κ1) is 25.9. The van der Waals surface area contributed by atoms with E-state index in [0.717, 1.165) is 17.0 Å². The molecule has 4 rings (SSSR count). The third kappa shape index (κ3) is 5.61. The molecule has 0 unspecified atom stereocenters. The molecule has 1 aromatic carbocycles. The van der Waals surface area contributed by atoms with Gasteiger partial charge in [0.2, 0.25) is 5.88 Å². The molecule has 1 amide bonds. The number of carbonyl (C=O) groups excluding carboxylic acids is 1. The van der Waals surface area contributed by atoms with Crippen LogP contribution < -0.4 is 4.74 Å². The number of benzene rings is 1. The first-order chi connectivity index (χ1) is 16.8. The van der Waals surface area contributed by atoms with Crippen LogP contribution in [0.4, 0.5) is 22.0 Å². The zero-order valence-electron chi connectivity index (χ0n) is 19.3. The Kier molecular flexibility index (Phi) is 6.96. The minimum absolute atomic E-state index is 0.0117. The molecule has 0 saturated carbocycles. The molecule has 2 atom stereocenters. The molecule has 1 aliphatic heterocycles. The molecular formula is C24H22ClF5N4O2. The Labute approximate surface area is 208 Å². The van der Waals surface area contributed by atoms with E-state index in [2.05, 4.69) is 10.1 Å². The van der Waals surface area contributed by atoms with E-state index in [1.54, 1.807) is 44.4 Å². The predicted molar refractivity (Wildman–Crippen MR) is 122 cm³/mol. The van der Waals surface area contributed by atoms with Crippen molar-refractivity contribution >= 4 is 17.5 Å². The lowest BCUT2D eigenvalue weighted by Gasteiger charge is -2.42. The molecule has 3 heterocycles. The third-order valence-electron chi connectivity index (χ3n) is 5.99. The molecule has 2 aromatic heterocycles. The van der Waals surface area contributed by atoms with Crippen LogP contribution in [0.1, 0.15) is 29.4 Å². The van der Waals surface area contributed by atoms with Crippen LogP contribution >= 0.6 is 11.6 Å². The highest BCUT2D eigenvalue weighted by atomic mass is 35.5. The lowest BCUT2D eigenvalue weighted by Crippen LogP contribution is -2.57. The third-order valence-corrected chi connectivity index (χ3v) is 6.24. The number of likely N-dealkylation sites (tertiary alicyclic amines) is 1. The van der Waals surface area contributed by atoms with Gasteiger partial charge in [0.15, 0.2) is 5.69 Å². The Morgan fingerprint density at radius 2 is 1.89 bits per heavy atom. The van der Waals surface area contributed by atoms with Gasteiger partial charge in [-0.05, 0) is 29.7 Å². The zero-order chi connectivity index (χ0) is 26.3. The van der Waals surface area contributed by atoms with Crippen LogP contribution in [0.5, 0.6) is 5.88 Å². The molecule has 0 aliphatic carbocycles. The summed E-state index contributed by atoms with van der Waals surface area (Å²) >= 11 is 5.96. The molecule has 6 nitrogen and oxygen atoms in total.